The molecule has 0 saturated heterocycles. The summed E-state index contributed by atoms with van der Waals surface area (Å²) in [5.74, 6) is -0.797. The van der Waals surface area contributed by atoms with Crippen molar-refractivity contribution in [3.05, 3.63) is 71.8 Å². The van der Waals surface area contributed by atoms with E-state index in [0.29, 0.717) is 31.7 Å². The minimum absolute atomic E-state index is 0.156. The molecular formula is C24H33N3O5S. The number of nitrogens with zero attached hydrogens (tertiary/aromatic N) is 2. The van der Waals surface area contributed by atoms with Gasteiger partial charge in [0.05, 0.1) is 12.8 Å². The minimum atomic E-state index is -3.57. The van der Waals surface area contributed by atoms with E-state index in [-0.39, 0.29) is 19.0 Å². The molecule has 0 spiro atoms. The Labute approximate surface area is 196 Å². The van der Waals surface area contributed by atoms with Crippen LogP contribution in [0.4, 0.5) is 0 Å². The highest BCUT2D eigenvalue weighted by Crippen LogP contribution is 2.24. The second kappa shape index (κ2) is 13.1. The van der Waals surface area contributed by atoms with Crippen LogP contribution >= 0.6 is 0 Å². The van der Waals surface area contributed by atoms with Gasteiger partial charge in [0.25, 0.3) is 0 Å². The van der Waals surface area contributed by atoms with Crippen molar-refractivity contribution in [2.45, 2.75) is 25.9 Å². The summed E-state index contributed by atoms with van der Waals surface area (Å²) >= 11 is 0. The number of rotatable bonds is 13. The number of hydrogen-bond donors (Lipinski definition) is 1. The molecule has 0 unspecified atom stereocenters. The smallest absolute Gasteiger partial charge is 0.247 e. The van der Waals surface area contributed by atoms with Crippen molar-refractivity contribution in [2.24, 2.45) is 0 Å². The second-order valence-electron chi connectivity index (χ2n) is 7.68. The van der Waals surface area contributed by atoms with E-state index in [1.54, 1.807) is 24.3 Å². The van der Waals surface area contributed by atoms with Crippen molar-refractivity contribution >= 4 is 21.8 Å². The average molecular weight is 476 g/mol. The van der Waals surface area contributed by atoms with Gasteiger partial charge in [-0.2, -0.15) is 4.31 Å². The first-order valence-corrected chi connectivity index (χ1v) is 12.7. The van der Waals surface area contributed by atoms with Crippen LogP contribution in [0.5, 0.6) is 0 Å². The maximum atomic E-state index is 13.4. The summed E-state index contributed by atoms with van der Waals surface area (Å²) in [6, 6.07) is 17.4. The summed E-state index contributed by atoms with van der Waals surface area (Å²) in [4.78, 5) is 28.1. The Kier molecular flexibility index (Phi) is 10.5. The van der Waals surface area contributed by atoms with E-state index in [4.69, 9.17) is 4.74 Å². The lowest BCUT2D eigenvalue weighted by Crippen LogP contribution is -2.47. The van der Waals surface area contributed by atoms with Gasteiger partial charge in [0.1, 0.15) is 6.04 Å². The number of hydrogen-bond acceptors (Lipinski definition) is 5. The van der Waals surface area contributed by atoms with Gasteiger partial charge in [0, 0.05) is 33.4 Å². The van der Waals surface area contributed by atoms with Crippen LogP contribution in [0.25, 0.3) is 0 Å². The molecule has 1 atom stereocenters. The molecule has 180 valence electrons. The van der Waals surface area contributed by atoms with Crippen molar-refractivity contribution in [3.8, 4) is 0 Å². The van der Waals surface area contributed by atoms with Crippen molar-refractivity contribution in [2.75, 3.05) is 39.6 Å². The Bertz CT molecular complexity index is 984. The lowest BCUT2D eigenvalue weighted by atomic mass is 10.0. The standard InChI is InChI=1S/C24H33N3O5S/c1-4-32-17-11-16-25-24(29)23(21-14-9-6-10-15-21)27(18-20-12-7-5-8-13-20)22(28)19-26(2)33(3,30)31/h5-10,12-15,23H,4,11,16-19H2,1-3H3,(H,25,29)/t23-/m0/s1. The fourth-order valence-corrected chi connectivity index (χ4v) is 3.58. The van der Waals surface area contributed by atoms with Gasteiger partial charge in [0.2, 0.25) is 21.8 Å². The summed E-state index contributed by atoms with van der Waals surface area (Å²) in [5.41, 5.74) is 1.48. The molecule has 2 rings (SSSR count). The quantitative estimate of drug-likeness (QED) is 0.448. The highest BCUT2D eigenvalue weighted by Gasteiger charge is 2.32. The van der Waals surface area contributed by atoms with E-state index in [2.05, 4.69) is 5.32 Å². The summed E-state index contributed by atoms with van der Waals surface area (Å²) in [6.45, 7) is 3.23. The molecule has 2 aromatic rings. The van der Waals surface area contributed by atoms with Gasteiger partial charge in [-0.3, -0.25) is 9.59 Å². The Morgan fingerprint density at radius 1 is 1.03 bits per heavy atom. The van der Waals surface area contributed by atoms with Gasteiger partial charge >= 0.3 is 0 Å². The van der Waals surface area contributed by atoms with E-state index in [1.807, 2.05) is 43.3 Å². The summed E-state index contributed by atoms with van der Waals surface area (Å²) < 4.78 is 30.1. The first kappa shape index (κ1) is 26.5. The second-order valence-corrected chi connectivity index (χ2v) is 9.77. The molecule has 0 fully saturated rings. The van der Waals surface area contributed by atoms with Crippen LogP contribution in [0.1, 0.15) is 30.5 Å². The molecular weight excluding hydrogens is 442 g/mol. The first-order chi connectivity index (χ1) is 15.7. The van der Waals surface area contributed by atoms with Gasteiger partial charge in [-0.15, -0.1) is 0 Å². The van der Waals surface area contributed by atoms with Gasteiger partial charge in [-0.25, -0.2) is 8.42 Å². The zero-order chi connectivity index (χ0) is 24.3. The molecule has 0 aliphatic rings. The van der Waals surface area contributed by atoms with Crippen LogP contribution in [0, 0.1) is 0 Å². The van der Waals surface area contributed by atoms with Gasteiger partial charge in [0.15, 0.2) is 0 Å². The fraction of sp³-hybridized carbons (Fsp3) is 0.417. The predicted molar refractivity (Wildman–Crippen MR) is 128 cm³/mol. The van der Waals surface area contributed by atoms with E-state index in [0.717, 1.165) is 16.1 Å². The molecule has 2 aromatic carbocycles. The van der Waals surface area contributed by atoms with Crippen LogP contribution < -0.4 is 5.32 Å². The van der Waals surface area contributed by atoms with E-state index >= 15 is 0 Å². The molecule has 0 heterocycles. The van der Waals surface area contributed by atoms with Gasteiger partial charge < -0.3 is 15.0 Å². The van der Waals surface area contributed by atoms with E-state index in [9.17, 15) is 18.0 Å². The summed E-state index contributed by atoms with van der Waals surface area (Å²) in [5, 5.41) is 2.90. The third-order valence-electron chi connectivity index (χ3n) is 5.08. The number of amides is 2. The molecule has 0 saturated carbocycles. The van der Waals surface area contributed by atoms with Crippen LogP contribution in [0.3, 0.4) is 0 Å². The molecule has 0 aliphatic heterocycles. The zero-order valence-corrected chi connectivity index (χ0v) is 20.3. The van der Waals surface area contributed by atoms with Crippen molar-refractivity contribution in [1.82, 2.24) is 14.5 Å². The maximum absolute atomic E-state index is 13.4. The minimum Gasteiger partial charge on any atom is -0.382 e. The van der Waals surface area contributed by atoms with Crippen molar-refractivity contribution < 1.29 is 22.7 Å². The number of carbonyl (C=O) groups excluding carboxylic acids is 2. The first-order valence-electron chi connectivity index (χ1n) is 10.9. The summed E-state index contributed by atoms with van der Waals surface area (Å²) in [6.07, 6.45) is 1.69. The molecule has 2 amide bonds. The Balaban J connectivity index is 2.36. The summed E-state index contributed by atoms with van der Waals surface area (Å²) in [7, 11) is -2.22. The molecule has 33 heavy (non-hydrogen) atoms. The number of carbonyl (C=O) groups is 2. The number of sulfonamides is 1. The molecule has 8 nitrogen and oxygen atoms in total. The zero-order valence-electron chi connectivity index (χ0n) is 19.4. The van der Waals surface area contributed by atoms with Crippen molar-refractivity contribution in [3.63, 3.8) is 0 Å². The third kappa shape index (κ3) is 8.60. The van der Waals surface area contributed by atoms with Gasteiger partial charge in [-0.05, 0) is 24.5 Å². The van der Waals surface area contributed by atoms with Crippen LogP contribution in [-0.4, -0.2) is 69.0 Å². The molecule has 0 aromatic heterocycles. The van der Waals surface area contributed by atoms with Crippen LogP contribution in [0.15, 0.2) is 60.7 Å². The third-order valence-corrected chi connectivity index (χ3v) is 6.35. The van der Waals surface area contributed by atoms with E-state index < -0.39 is 22.0 Å². The van der Waals surface area contributed by atoms with Crippen LogP contribution in [-0.2, 0) is 30.9 Å². The van der Waals surface area contributed by atoms with E-state index in [1.165, 1.54) is 11.9 Å². The molecule has 0 aliphatic carbocycles. The molecule has 9 heteroatoms. The Morgan fingerprint density at radius 3 is 2.21 bits per heavy atom. The predicted octanol–water partition coefficient (Wildman–Crippen LogP) is 2.19. The SMILES string of the molecule is CCOCCCNC(=O)[C@H](c1ccccc1)N(Cc1ccccc1)C(=O)CN(C)S(C)(=O)=O. The normalized spacial score (nSPS) is 12.4. The number of likely N-dealkylation sites (N-methyl/N-ethyl adjacent to an activating group) is 1. The topological polar surface area (TPSA) is 96.0 Å². The molecule has 0 bridgehead atoms. The number of benzene rings is 2. The number of nitrogens with one attached hydrogen (secondary N) is 1. The Morgan fingerprint density at radius 2 is 1.64 bits per heavy atom. The maximum Gasteiger partial charge on any atom is 0.247 e. The highest BCUT2D eigenvalue weighted by atomic mass is 32.2. The van der Waals surface area contributed by atoms with Gasteiger partial charge in [-0.1, -0.05) is 60.7 Å². The highest BCUT2D eigenvalue weighted by molar-refractivity contribution is 7.88. The monoisotopic (exact) mass is 475 g/mol. The fourth-order valence-electron chi connectivity index (χ4n) is 3.24. The largest absolute Gasteiger partial charge is 0.382 e. The van der Waals surface area contributed by atoms with Crippen LogP contribution in [0.2, 0.25) is 0 Å². The number of ether oxygens (including phenoxy) is 1. The Hall–Kier alpha value is -2.75. The van der Waals surface area contributed by atoms with Crippen molar-refractivity contribution in [1.29, 1.82) is 0 Å². The lowest BCUT2D eigenvalue weighted by Gasteiger charge is -2.32. The lowest BCUT2D eigenvalue weighted by molar-refractivity contribution is -0.141. The average Bonchev–Trinajstić information content (AvgIpc) is 2.79. The molecule has 1 N–H and O–H groups in total. The molecule has 0 radical (unpaired) electrons.